The fourth-order valence-corrected chi connectivity index (χ4v) is 3.16. The number of hydrogen-bond acceptors (Lipinski definition) is 5. The molecule has 1 N–H and O–H groups in total. The zero-order valence-corrected chi connectivity index (χ0v) is 16.3. The number of imide groups is 1. The van der Waals surface area contributed by atoms with Crippen LogP contribution in [0.5, 0.6) is 11.5 Å². The van der Waals surface area contributed by atoms with Gasteiger partial charge in [-0.2, -0.15) is 0 Å². The second-order valence-corrected chi connectivity index (χ2v) is 6.72. The molecule has 1 fully saturated rings. The molecule has 2 aromatic carbocycles. The van der Waals surface area contributed by atoms with Crippen LogP contribution in [0.25, 0.3) is 0 Å². The van der Waals surface area contributed by atoms with Gasteiger partial charge in [0.2, 0.25) is 5.91 Å². The smallest absolute Gasteiger partial charge is 0.251 e. The van der Waals surface area contributed by atoms with Gasteiger partial charge >= 0.3 is 0 Å². The highest BCUT2D eigenvalue weighted by Crippen LogP contribution is 2.25. The minimum absolute atomic E-state index is 0.176. The van der Waals surface area contributed by atoms with Gasteiger partial charge < -0.3 is 14.8 Å². The van der Waals surface area contributed by atoms with Gasteiger partial charge in [0.05, 0.1) is 31.9 Å². The molecule has 6 heteroatoms. The van der Waals surface area contributed by atoms with Gasteiger partial charge in [-0.25, -0.2) is 4.90 Å². The Bertz CT molecular complexity index is 802. The van der Waals surface area contributed by atoms with Gasteiger partial charge in [0, 0.05) is 0 Å². The van der Waals surface area contributed by atoms with E-state index in [9.17, 15) is 9.59 Å². The number of carbonyl (C=O) groups is 2. The van der Waals surface area contributed by atoms with Gasteiger partial charge in [-0.15, -0.1) is 0 Å². The van der Waals surface area contributed by atoms with Crippen molar-refractivity contribution in [1.82, 2.24) is 5.32 Å². The Labute approximate surface area is 165 Å². The van der Waals surface area contributed by atoms with E-state index in [0.29, 0.717) is 18.8 Å². The highest BCUT2D eigenvalue weighted by molar-refractivity contribution is 6.22. The van der Waals surface area contributed by atoms with Crippen molar-refractivity contribution in [3.8, 4) is 11.5 Å². The van der Waals surface area contributed by atoms with Gasteiger partial charge in [0.1, 0.15) is 11.5 Å². The monoisotopic (exact) mass is 382 g/mol. The third-order valence-corrected chi connectivity index (χ3v) is 4.68. The summed E-state index contributed by atoms with van der Waals surface area (Å²) in [4.78, 5) is 26.3. The number of ether oxygens (including phenoxy) is 2. The molecule has 3 rings (SSSR count). The van der Waals surface area contributed by atoms with Crippen molar-refractivity contribution in [3.05, 3.63) is 54.1 Å². The molecular weight excluding hydrogens is 356 g/mol. The molecule has 0 unspecified atom stereocenters. The number of benzene rings is 2. The third-order valence-electron chi connectivity index (χ3n) is 4.68. The summed E-state index contributed by atoms with van der Waals surface area (Å²) in [6.07, 6.45) is 1.87. The Morgan fingerprint density at radius 2 is 1.71 bits per heavy atom. The molecule has 1 atom stereocenters. The Kier molecular flexibility index (Phi) is 6.66. The average molecular weight is 382 g/mol. The van der Waals surface area contributed by atoms with Crippen molar-refractivity contribution >= 4 is 17.5 Å². The molecule has 148 valence electrons. The maximum absolute atomic E-state index is 12.7. The summed E-state index contributed by atoms with van der Waals surface area (Å²) >= 11 is 0. The van der Waals surface area contributed by atoms with Crippen molar-refractivity contribution in [2.75, 3.05) is 25.2 Å². The first-order valence-corrected chi connectivity index (χ1v) is 9.58. The molecular formula is C22H26N2O4. The summed E-state index contributed by atoms with van der Waals surface area (Å²) in [5.41, 5.74) is 1.72. The maximum Gasteiger partial charge on any atom is 0.251 e. The zero-order chi connectivity index (χ0) is 19.9. The van der Waals surface area contributed by atoms with E-state index >= 15 is 0 Å². The average Bonchev–Trinajstić information content (AvgIpc) is 3.00. The van der Waals surface area contributed by atoms with Crippen LogP contribution in [0.1, 0.15) is 25.3 Å². The quantitative estimate of drug-likeness (QED) is 0.676. The number of rotatable bonds is 9. The van der Waals surface area contributed by atoms with E-state index in [-0.39, 0.29) is 18.2 Å². The van der Waals surface area contributed by atoms with Crippen molar-refractivity contribution in [1.29, 1.82) is 0 Å². The molecule has 0 saturated carbocycles. The molecule has 6 nitrogen and oxygen atoms in total. The molecule has 1 aliphatic heterocycles. The summed E-state index contributed by atoms with van der Waals surface area (Å²) in [7, 11) is 1.64. The van der Waals surface area contributed by atoms with Crippen LogP contribution < -0.4 is 19.7 Å². The lowest BCUT2D eigenvalue weighted by molar-refractivity contribution is -0.121. The Balaban J connectivity index is 1.55. The van der Waals surface area contributed by atoms with Crippen molar-refractivity contribution in [2.24, 2.45) is 0 Å². The number of nitrogens with zero attached hydrogens (tertiary/aromatic N) is 1. The van der Waals surface area contributed by atoms with Gasteiger partial charge in [0.15, 0.2) is 0 Å². The van der Waals surface area contributed by atoms with Crippen LogP contribution in [-0.2, 0) is 16.0 Å². The van der Waals surface area contributed by atoms with Crippen molar-refractivity contribution in [3.63, 3.8) is 0 Å². The number of hydrogen-bond donors (Lipinski definition) is 1. The number of carbonyl (C=O) groups excluding carboxylic acids is 2. The molecule has 1 heterocycles. The van der Waals surface area contributed by atoms with Crippen molar-refractivity contribution in [2.45, 2.75) is 32.2 Å². The van der Waals surface area contributed by atoms with Crippen LogP contribution >= 0.6 is 0 Å². The molecule has 2 amide bonds. The number of amides is 2. The Hall–Kier alpha value is -2.86. The summed E-state index contributed by atoms with van der Waals surface area (Å²) in [6.45, 7) is 3.30. The predicted molar refractivity (Wildman–Crippen MR) is 108 cm³/mol. The summed E-state index contributed by atoms with van der Waals surface area (Å²) < 4.78 is 10.7. The fraction of sp³-hybridized carbons (Fsp3) is 0.364. The van der Waals surface area contributed by atoms with E-state index in [1.165, 1.54) is 4.90 Å². The van der Waals surface area contributed by atoms with Crippen LogP contribution in [0.15, 0.2) is 48.5 Å². The molecule has 0 spiro atoms. The molecule has 1 saturated heterocycles. The lowest BCUT2D eigenvalue weighted by atomic mass is 10.1. The van der Waals surface area contributed by atoms with E-state index < -0.39 is 6.04 Å². The fourth-order valence-electron chi connectivity index (χ4n) is 3.16. The lowest BCUT2D eigenvalue weighted by Gasteiger charge is -2.16. The summed E-state index contributed by atoms with van der Waals surface area (Å²) in [5.74, 6) is 1.16. The van der Waals surface area contributed by atoms with Crippen LogP contribution in [-0.4, -0.2) is 38.1 Å². The van der Waals surface area contributed by atoms with Crippen LogP contribution in [0.4, 0.5) is 5.69 Å². The van der Waals surface area contributed by atoms with Gasteiger partial charge in [-0.3, -0.25) is 9.59 Å². The minimum Gasteiger partial charge on any atom is -0.497 e. The Morgan fingerprint density at radius 1 is 1.04 bits per heavy atom. The second-order valence-electron chi connectivity index (χ2n) is 6.72. The van der Waals surface area contributed by atoms with Crippen LogP contribution in [0.2, 0.25) is 0 Å². The highest BCUT2D eigenvalue weighted by atomic mass is 16.5. The Morgan fingerprint density at radius 3 is 2.36 bits per heavy atom. The molecule has 0 aromatic heterocycles. The SMILES string of the molecule is CCCOc1ccc(N2C(=O)C[C@@H](NCCc3ccc(OC)cc3)C2=O)cc1. The molecule has 0 radical (unpaired) electrons. The van der Waals surface area contributed by atoms with E-state index in [0.717, 1.165) is 29.9 Å². The molecule has 0 bridgehead atoms. The summed E-state index contributed by atoms with van der Waals surface area (Å²) in [6, 6.07) is 14.4. The van der Waals surface area contributed by atoms with Gasteiger partial charge in [-0.05, 0) is 61.3 Å². The number of anilines is 1. The van der Waals surface area contributed by atoms with Gasteiger partial charge in [0.25, 0.3) is 5.91 Å². The first-order chi connectivity index (χ1) is 13.6. The van der Waals surface area contributed by atoms with E-state index in [1.54, 1.807) is 31.4 Å². The second kappa shape index (κ2) is 9.37. The van der Waals surface area contributed by atoms with E-state index in [4.69, 9.17) is 9.47 Å². The topological polar surface area (TPSA) is 67.9 Å². The predicted octanol–water partition coefficient (Wildman–Crippen LogP) is 2.95. The normalized spacial score (nSPS) is 16.5. The molecule has 28 heavy (non-hydrogen) atoms. The lowest BCUT2D eigenvalue weighted by Crippen LogP contribution is -2.39. The van der Waals surface area contributed by atoms with Crippen LogP contribution in [0.3, 0.4) is 0 Å². The number of nitrogens with one attached hydrogen (secondary N) is 1. The molecule has 0 aliphatic carbocycles. The van der Waals surface area contributed by atoms with E-state index in [2.05, 4.69) is 5.32 Å². The zero-order valence-electron chi connectivity index (χ0n) is 16.3. The first kappa shape index (κ1) is 19.9. The standard InChI is InChI=1S/C22H26N2O4/c1-3-14-28-19-10-6-17(7-11-19)24-21(25)15-20(22(24)26)23-13-12-16-4-8-18(27-2)9-5-16/h4-11,20,23H,3,12-15H2,1-2H3/t20-/m1/s1. The first-order valence-electron chi connectivity index (χ1n) is 9.58. The van der Waals surface area contributed by atoms with Gasteiger partial charge in [-0.1, -0.05) is 19.1 Å². The minimum atomic E-state index is -0.484. The van der Waals surface area contributed by atoms with E-state index in [1.807, 2.05) is 31.2 Å². The summed E-state index contributed by atoms with van der Waals surface area (Å²) in [5, 5.41) is 3.21. The molecule has 2 aromatic rings. The number of methoxy groups -OCH3 is 1. The molecule has 1 aliphatic rings. The van der Waals surface area contributed by atoms with Crippen LogP contribution in [0, 0.1) is 0 Å². The largest absolute Gasteiger partial charge is 0.497 e. The highest BCUT2D eigenvalue weighted by Gasteiger charge is 2.39. The van der Waals surface area contributed by atoms with Crippen molar-refractivity contribution < 1.29 is 19.1 Å². The maximum atomic E-state index is 12.7. The third kappa shape index (κ3) is 4.70.